The van der Waals surface area contributed by atoms with E-state index in [9.17, 15) is 8.42 Å². The largest absolute Gasteiger partial charge is 0.383 e. The van der Waals surface area contributed by atoms with Crippen molar-refractivity contribution in [3.63, 3.8) is 0 Å². The molecule has 1 unspecified atom stereocenters. The minimum atomic E-state index is -3.42. The Kier molecular flexibility index (Phi) is 7.89. The van der Waals surface area contributed by atoms with Crippen molar-refractivity contribution >= 4 is 10.2 Å². The topological polar surface area (TPSA) is 93.5 Å². The Bertz CT molecular complexity index is 238. The van der Waals surface area contributed by atoms with Crippen molar-refractivity contribution in [2.45, 2.75) is 25.8 Å². The van der Waals surface area contributed by atoms with Gasteiger partial charge in [0.1, 0.15) is 0 Å². The van der Waals surface area contributed by atoms with E-state index in [0.717, 1.165) is 6.42 Å². The molecule has 6 nitrogen and oxygen atoms in total. The van der Waals surface area contributed by atoms with Crippen LogP contribution in [0.25, 0.3) is 0 Å². The Labute approximate surface area is 91.7 Å². The van der Waals surface area contributed by atoms with Gasteiger partial charge in [-0.05, 0) is 19.4 Å². The molecule has 0 aromatic carbocycles. The van der Waals surface area contributed by atoms with Crippen LogP contribution in [-0.4, -0.2) is 41.3 Å². The van der Waals surface area contributed by atoms with Gasteiger partial charge in [-0.3, -0.25) is 0 Å². The summed E-state index contributed by atoms with van der Waals surface area (Å²) < 4.78 is 32.7. The zero-order valence-corrected chi connectivity index (χ0v) is 10.1. The van der Waals surface area contributed by atoms with Crippen LogP contribution < -0.4 is 15.2 Å². The highest BCUT2D eigenvalue weighted by molar-refractivity contribution is 7.87. The predicted octanol–water partition coefficient (Wildman–Crippen LogP) is -0.816. The minimum absolute atomic E-state index is 0.269. The lowest BCUT2D eigenvalue weighted by Gasteiger charge is -2.17. The van der Waals surface area contributed by atoms with Crippen LogP contribution in [-0.2, 0) is 14.9 Å². The maximum absolute atomic E-state index is 11.4. The molecule has 0 heterocycles. The standard InChI is InChI=1S/C8H21N3O3S/c1-3-6-10-15(12,13)11-8(4-5-9)7-14-2/h8,10-11H,3-7,9H2,1-2H3. The van der Waals surface area contributed by atoms with Crippen LogP contribution in [0.5, 0.6) is 0 Å². The fourth-order valence-corrected chi connectivity index (χ4v) is 2.26. The van der Waals surface area contributed by atoms with Crippen molar-refractivity contribution in [2.24, 2.45) is 5.73 Å². The van der Waals surface area contributed by atoms with Gasteiger partial charge in [0.15, 0.2) is 0 Å². The molecule has 4 N–H and O–H groups in total. The smallest absolute Gasteiger partial charge is 0.277 e. The second kappa shape index (κ2) is 8.00. The molecule has 92 valence electrons. The van der Waals surface area contributed by atoms with E-state index in [1.165, 1.54) is 7.11 Å². The van der Waals surface area contributed by atoms with Crippen LogP contribution in [0.15, 0.2) is 0 Å². The Morgan fingerprint density at radius 2 is 2.13 bits per heavy atom. The van der Waals surface area contributed by atoms with E-state index in [2.05, 4.69) is 9.44 Å². The van der Waals surface area contributed by atoms with Gasteiger partial charge in [-0.2, -0.15) is 13.1 Å². The molecule has 0 bridgehead atoms. The van der Waals surface area contributed by atoms with E-state index in [1.807, 2.05) is 6.92 Å². The first-order chi connectivity index (χ1) is 7.05. The fourth-order valence-electron chi connectivity index (χ4n) is 1.08. The normalized spacial score (nSPS) is 14.1. The summed E-state index contributed by atoms with van der Waals surface area (Å²) in [5.74, 6) is 0. The van der Waals surface area contributed by atoms with Crippen LogP contribution in [0.3, 0.4) is 0 Å². The molecule has 0 aromatic heterocycles. The average molecular weight is 239 g/mol. The Morgan fingerprint density at radius 3 is 2.60 bits per heavy atom. The number of nitrogens with two attached hydrogens (primary N) is 1. The summed E-state index contributed by atoms with van der Waals surface area (Å²) in [5.41, 5.74) is 5.37. The van der Waals surface area contributed by atoms with Gasteiger partial charge in [-0.25, -0.2) is 4.72 Å². The second-order valence-corrected chi connectivity index (χ2v) is 4.78. The summed E-state index contributed by atoms with van der Waals surface area (Å²) in [6.45, 7) is 3.07. The van der Waals surface area contributed by atoms with Gasteiger partial charge in [-0.1, -0.05) is 6.92 Å². The van der Waals surface area contributed by atoms with E-state index in [-0.39, 0.29) is 6.04 Å². The summed E-state index contributed by atoms with van der Waals surface area (Å²) in [5, 5.41) is 0. The van der Waals surface area contributed by atoms with Crippen molar-refractivity contribution < 1.29 is 13.2 Å². The average Bonchev–Trinajstić information content (AvgIpc) is 2.15. The summed E-state index contributed by atoms with van der Waals surface area (Å²) in [7, 11) is -1.90. The molecule has 7 heteroatoms. The molecule has 0 spiro atoms. The second-order valence-electron chi connectivity index (χ2n) is 3.25. The maximum atomic E-state index is 11.4. The van der Waals surface area contributed by atoms with E-state index in [0.29, 0.717) is 26.1 Å². The van der Waals surface area contributed by atoms with Crippen LogP contribution in [0, 0.1) is 0 Å². The molecule has 0 saturated heterocycles. The number of hydrogen-bond acceptors (Lipinski definition) is 4. The van der Waals surface area contributed by atoms with Gasteiger partial charge in [0, 0.05) is 19.7 Å². The van der Waals surface area contributed by atoms with Crippen molar-refractivity contribution in [1.82, 2.24) is 9.44 Å². The van der Waals surface area contributed by atoms with Gasteiger partial charge >= 0.3 is 0 Å². The van der Waals surface area contributed by atoms with Gasteiger partial charge in [0.05, 0.1) is 6.61 Å². The van der Waals surface area contributed by atoms with Gasteiger partial charge in [0.25, 0.3) is 10.2 Å². The number of ether oxygens (including phenoxy) is 1. The highest BCUT2D eigenvalue weighted by Crippen LogP contribution is 1.93. The van der Waals surface area contributed by atoms with Gasteiger partial charge in [-0.15, -0.1) is 0 Å². The van der Waals surface area contributed by atoms with Crippen molar-refractivity contribution in [3.05, 3.63) is 0 Å². The molecule has 1 atom stereocenters. The minimum Gasteiger partial charge on any atom is -0.383 e. The summed E-state index contributed by atoms with van der Waals surface area (Å²) >= 11 is 0. The van der Waals surface area contributed by atoms with Crippen LogP contribution in [0.1, 0.15) is 19.8 Å². The number of methoxy groups -OCH3 is 1. The lowest BCUT2D eigenvalue weighted by atomic mass is 10.2. The van der Waals surface area contributed by atoms with Crippen LogP contribution in [0.4, 0.5) is 0 Å². The molecule has 0 amide bonds. The molecule has 15 heavy (non-hydrogen) atoms. The van der Waals surface area contributed by atoms with Crippen molar-refractivity contribution in [2.75, 3.05) is 26.8 Å². The van der Waals surface area contributed by atoms with Crippen molar-refractivity contribution in [1.29, 1.82) is 0 Å². The zero-order valence-electron chi connectivity index (χ0n) is 9.32. The molecule has 0 rings (SSSR count). The number of rotatable bonds is 9. The molecule has 0 aliphatic carbocycles. The van der Waals surface area contributed by atoms with E-state index in [4.69, 9.17) is 10.5 Å². The molecule has 0 fully saturated rings. The highest BCUT2D eigenvalue weighted by atomic mass is 32.2. The molecule has 0 radical (unpaired) electrons. The van der Waals surface area contributed by atoms with E-state index in [1.54, 1.807) is 0 Å². The lowest BCUT2D eigenvalue weighted by Crippen LogP contribution is -2.45. The Hall–Kier alpha value is -0.210. The third kappa shape index (κ3) is 7.69. The quantitative estimate of drug-likeness (QED) is 0.490. The number of hydrogen-bond donors (Lipinski definition) is 3. The monoisotopic (exact) mass is 239 g/mol. The summed E-state index contributed by atoms with van der Waals surface area (Å²) in [6.07, 6.45) is 1.31. The Balaban J connectivity index is 4.12. The fraction of sp³-hybridized carbons (Fsp3) is 1.00. The van der Waals surface area contributed by atoms with Crippen LogP contribution >= 0.6 is 0 Å². The first-order valence-corrected chi connectivity index (χ1v) is 6.50. The number of nitrogens with one attached hydrogen (secondary N) is 2. The van der Waals surface area contributed by atoms with Crippen LogP contribution in [0.2, 0.25) is 0 Å². The molecule has 0 aromatic rings. The summed E-state index contributed by atoms with van der Waals surface area (Å²) in [6, 6.07) is -0.269. The molecule has 0 aliphatic heterocycles. The van der Waals surface area contributed by atoms with Crippen molar-refractivity contribution in [3.8, 4) is 0 Å². The molecule has 0 saturated carbocycles. The summed E-state index contributed by atoms with van der Waals surface area (Å²) in [4.78, 5) is 0. The SMILES string of the molecule is CCCNS(=O)(=O)NC(CCN)COC. The molecule has 0 aliphatic rings. The first kappa shape index (κ1) is 14.8. The van der Waals surface area contributed by atoms with Gasteiger partial charge in [0.2, 0.25) is 0 Å². The molecular weight excluding hydrogens is 218 g/mol. The van der Waals surface area contributed by atoms with E-state index < -0.39 is 10.2 Å². The van der Waals surface area contributed by atoms with E-state index >= 15 is 0 Å². The highest BCUT2D eigenvalue weighted by Gasteiger charge is 2.15. The first-order valence-electron chi connectivity index (χ1n) is 5.01. The maximum Gasteiger partial charge on any atom is 0.277 e. The lowest BCUT2D eigenvalue weighted by molar-refractivity contribution is 0.172. The third-order valence-electron chi connectivity index (χ3n) is 1.75. The zero-order chi connectivity index (χ0) is 11.7. The Morgan fingerprint density at radius 1 is 1.47 bits per heavy atom. The molecular formula is C8H21N3O3S. The van der Waals surface area contributed by atoms with Gasteiger partial charge < -0.3 is 10.5 Å². The third-order valence-corrected chi connectivity index (χ3v) is 2.97. The predicted molar refractivity (Wildman–Crippen MR) is 59.7 cm³/mol.